The molecule has 0 bridgehead atoms. The maximum atomic E-state index is 12.9. The first-order chi connectivity index (χ1) is 13.9. The number of sulfone groups is 1. The van der Waals surface area contributed by atoms with Crippen molar-refractivity contribution in [3.8, 4) is 11.5 Å². The van der Waals surface area contributed by atoms with Gasteiger partial charge in [-0.05, 0) is 42.7 Å². The molecule has 1 saturated heterocycles. The number of rotatable bonds is 2. The van der Waals surface area contributed by atoms with E-state index in [1.54, 1.807) is 18.2 Å². The van der Waals surface area contributed by atoms with Gasteiger partial charge >= 0.3 is 0 Å². The fraction of sp³-hybridized carbons (Fsp3) is 0.318. The van der Waals surface area contributed by atoms with Crippen LogP contribution < -0.4 is 9.47 Å². The topological polar surface area (TPSA) is 72.9 Å². The van der Waals surface area contributed by atoms with E-state index in [1.165, 1.54) is 0 Å². The van der Waals surface area contributed by atoms with Crippen LogP contribution >= 0.6 is 0 Å². The third kappa shape index (κ3) is 3.24. The highest BCUT2D eigenvalue weighted by molar-refractivity contribution is 7.91. The SMILES string of the molecule is Cc1ccccc1/C=C1\Oc2c(ccc3c2CN(C2CCS(=O)(=O)C2)CO3)C1=O. The van der Waals surface area contributed by atoms with E-state index >= 15 is 0 Å². The van der Waals surface area contributed by atoms with Crippen molar-refractivity contribution >= 4 is 21.7 Å². The summed E-state index contributed by atoms with van der Waals surface area (Å²) in [5, 5.41) is 0. The highest BCUT2D eigenvalue weighted by Gasteiger charge is 2.38. The number of Topliss-reactive ketones (excluding diaryl/α,β-unsaturated/α-hetero) is 1. The highest BCUT2D eigenvalue weighted by atomic mass is 32.2. The van der Waals surface area contributed by atoms with Crippen LogP contribution in [0.2, 0.25) is 0 Å². The van der Waals surface area contributed by atoms with Gasteiger partial charge in [0.2, 0.25) is 5.78 Å². The summed E-state index contributed by atoms with van der Waals surface area (Å²) in [5.41, 5.74) is 3.32. The standard InChI is InChI=1S/C22H21NO5S/c1-14-4-2-3-5-15(14)10-20-21(24)17-6-7-19-18(22(17)28-20)11-23(13-27-19)16-8-9-29(25,26)12-16/h2-7,10,16H,8-9,11-13H2,1H3/b20-10-. The van der Waals surface area contributed by atoms with Gasteiger partial charge in [-0.3, -0.25) is 9.69 Å². The number of hydrogen-bond acceptors (Lipinski definition) is 6. The largest absolute Gasteiger partial charge is 0.478 e. The quantitative estimate of drug-likeness (QED) is 0.708. The smallest absolute Gasteiger partial charge is 0.231 e. The molecule has 0 spiro atoms. The first-order valence-corrected chi connectivity index (χ1v) is 11.5. The summed E-state index contributed by atoms with van der Waals surface area (Å²) in [5.74, 6) is 1.73. The number of fused-ring (bicyclic) bond motifs is 3. The molecular formula is C22H21NO5S. The van der Waals surface area contributed by atoms with Gasteiger partial charge in [0.15, 0.2) is 15.6 Å². The molecule has 5 rings (SSSR count). The zero-order chi connectivity index (χ0) is 20.2. The lowest BCUT2D eigenvalue weighted by atomic mass is 10.0. The summed E-state index contributed by atoms with van der Waals surface area (Å²) in [6.45, 7) is 2.83. The van der Waals surface area contributed by atoms with Crippen LogP contribution in [0.3, 0.4) is 0 Å². The van der Waals surface area contributed by atoms with Crippen LogP contribution in [0.1, 0.15) is 33.5 Å². The Morgan fingerprint density at radius 2 is 2.00 bits per heavy atom. The Balaban J connectivity index is 1.47. The monoisotopic (exact) mass is 411 g/mol. The molecule has 0 radical (unpaired) electrons. The predicted molar refractivity (Wildman–Crippen MR) is 109 cm³/mol. The molecule has 1 fully saturated rings. The predicted octanol–water partition coefficient (Wildman–Crippen LogP) is 2.95. The van der Waals surface area contributed by atoms with E-state index in [0.29, 0.717) is 42.5 Å². The van der Waals surface area contributed by atoms with Gasteiger partial charge in [0.25, 0.3) is 0 Å². The fourth-order valence-corrected chi connectivity index (χ4v) is 5.92. The number of ether oxygens (including phenoxy) is 2. The molecular weight excluding hydrogens is 390 g/mol. The Morgan fingerprint density at radius 1 is 1.17 bits per heavy atom. The number of carbonyl (C=O) groups is 1. The number of hydrogen-bond donors (Lipinski definition) is 0. The summed E-state index contributed by atoms with van der Waals surface area (Å²) < 4.78 is 35.6. The van der Waals surface area contributed by atoms with Crippen LogP contribution in [-0.2, 0) is 16.4 Å². The highest BCUT2D eigenvalue weighted by Crippen LogP contribution is 2.42. The molecule has 7 heteroatoms. The molecule has 0 aliphatic carbocycles. The second kappa shape index (κ2) is 6.71. The van der Waals surface area contributed by atoms with E-state index in [-0.39, 0.29) is 23.3 Å². The number of carbonyl (C=O) groups excluding carboxylic acids is 1. The number of benzene rings is 2. The second-order valence-electron chi connectivity index (χ2n) is 7.79. The lowest BCUT2D eigenvalue weighted by Gasteiger charge is -2.33. The number of allylic oxidation sites excluding steroid dienone is 1. The minimum absolute atomic E-state index is 0.0666. The van der Waals surface area contributed by atoms with Crippen LogP contribution in [0.25, 0.3) is 6.08 Å². The molecule has 6 nitrogen and oxygen atoms in total. The lowest BCUT2D eigenvalue weighted by Crippen LogP contribution is -2.41. The van der Waals surface area contributed by atoms with Crippen molar-refractivity contribution < 1.29 is 22.7 Å². The maximum Gasteiger partial charge on any atom is 0.231 e. The minimum atomic E-state index is -2.98. The molecule has 3 heterocycles. The van der Waals surface area contributed by atoms with Gasteiger partial charge in [0, 0.05) is 12.6 Å². The summed E-state index contributed by atoms with van der Waals surface area (Å²) in [6.07, 6.45) is 2.38. The van der Waals surface area contributed by atoms with E-state index in [2.05, 4.69) is 0 Å². The third-order valence-electron chi connectivity index (χ3n) is 5.84. The van der Waals surface area contributed by atoms with Crippen molar-refractivity contribution in [2.75, 3.05) is 18.2 Å². The first-order valence-electron chi connectivity index (χ1n) is 9.64. The van der Waals surface area contributed by atoms with Gasteiger partial charge < -0.3 is 9.47 Å². The van der Waals surface area contributed by atoms with E-state index in [4.69, 9.17) is 9.47 Å². The Kier molecular flexibility index (Phi) is 4.26. The Labute approximate surface area is 169 Å². The van der Waals surface area contributed by atoms with Crippen LogP contribution in [0.5, 0.6) is 11.5 Å². The van der Waals surface area contributed by atoms with E-state index < -0.39 is 9.84 Å². The van der Waals surface area contributed by atoms with Crippen LogP contribution in [0.15, 0.2) is 42.2 Å². The molecule has 2 aromatic carbocycles. The molecule has 150 valence electrons. The van der Waals surface area contributed by atoms with E-state index in [1.807, 2.05) is 36.1 Å². The molecule has 2 aromatic rings. The van der Waals surface area contributed by atoms with Crippen molar-refractivity contribution in [3.05, 3.63) is 64.4 Å². The van der Waals surface area contributed by atoms with Gasteiger partial charge in [-0.2, -0.15) is 0 Å². The molecule has 3 aliphatic heterocycles. The summed E-state index contributed by atoms with van der Waals surface area (Å²) in [6, 6.07) is 11.3. The molecule has 1 atom stereocenters. The normalized spacial score (nSPS) is 24.1. The molecule has 0 amide bonds. The average Bonchev–Trinajstić information content (AvgIpc) is 3.23. The number of aryl methyl sites for hydroxylation is 1. The van der Waals surface area contributed by atoms with E-state index in [9.17, 15) is 13.2 Å². The fourth-order valence-electron chi connectivity index (χ4n) is 4.16. The number of nitrogens with zero attached hydrogens (tertiary/aromatic N) is 1. The zero-order valence-corrected chi connectivity index (χ0v) is 16.9. The van der Waals surface area contributed by atoms with Crippen molar-refractivity contribution in [3.63, 3.8) is 0 Å². The maximum absolute atomic E-state index is 12.9. The molecule has 1 unspecified atom stereocenters. The van der Waals surface area contributed by atoms with Crippen LogP contribution in [-0.4, -0.2) is 43.4 Å². The summed E-state index contributed by atoms with van der Waals surface area (Å²) in [4.78, 5) is 14.9. The molecule has 3 aliphatic rings. The minimum Gasteiger partial charge on any atom is -0.478 e. The Morgan fingerprint density at radius 3 is 2.76 bits per heavy atom. The van der Waals surface area contributed by atoms with Crippen LogP contribution in [0, 0.1) is 6.92 Å². The number of ketones is 1. The average molecular weight is 411 g/mol. The summed E-state index contributed by atoms with van der Waals surface area (Å²) in [7, 11) is -2.98. The zero-order valence-electron chi connectivity index (χ0n) is 16.1. The molecule has 0 N–H and O–H groups in total. The lowest BCUT2D eigenvalue weighted by molar-refractivity contribution is 0.0634. The second-order valence-corrected chi connectivity index (χ2v) is 10.0. The van der Waals surface area contributed by atoms with Gasteiger partial charge in [0.1, 0.15) is 18.2 Å². The van der Waals surface area contributed by atoms with Gasteiger partial charge in [0.05, 0.1) is 22.6 Å². The van der Waals surface area contributed by atoms with Crippen molar-refractivity contribution in [1.82, 2.24) is 4.90 Å². The van der Waals surface area contributed by atoms with E-state index in [0.717, 1.165) is 16.7 Å². The molecule has 29 heavy (non-hydrogen) atoms. The van der Waals surface area contributed by atoms with Gasteiger partial charge in [-0.1, -0.05) is 24.3 Å². The van der Waals surface area contributed by atoms with Crippen molar-refractivity contribution in [2.24, 2.45) is 0 Å². The third-order valence-corrected chi connectivity index (χ3v) is 7.60. The van der Waals surface area contributed by atoms with Crippen molar-refractivity contribution in [1.29, 1.82) is 0 Å². The molecule has 0 aromatic heterocycles. The Bertz CT molecular complexity index is 1150. The molecule has 0 saturated carbocycles. The van der Waals surface area contributed by atoms with Gasteiger partial charge in [-0.25, -0.2) is 8.42 Å². The van der Waals surface area contributed by atoms with Crippen LogP contribution in [0.4, 0.5) is 0 Å². The van der Waals surface area contributed by atoms with Crippen molar-refractivity contribution in [2.45, 2.75) is 25.9 Å². The summed E-state index contributed by atoms with van der Waals surface area (Å²) >= 11 is 0. The van der Waals surface area contributed by atoms with Gasteiger partial charge in [-0.15, -0.1) is 0 Å². The first kappa shape index (κ1) is 18.4. The Hall–Kier alpha value is -2.64.